The van der Waals surface area contributed by atoms with E-state index in [9.17, 15) is 9.90 Å². The summed E-state index contributed by atoms with van der Waals surface area (Å²) >= 11 is 0. The maximum absolute atomic E-state index is 12.3. The Morgan fingerprint density at radius 2 is 2.05 bits per heavy atom. The third-order valence-electron chi connectivity index (χ3n) is 3.25. The minimum atomic E-state index is -0.404. The molecule has 0 bridgehead atoms. The van der Waals surface area contributed by atoms with Crippen LogP contribution in [0.3, 0.4) is 0 Å². The van der Waals surface area contributed by atoms with Crippen molar-refractivity contribution in [2.24, 2.45) is 0 Å². The Balaban J connectivity index is 2.55. The van der Waals surface area contributed by atoms with Gasteiger partial charge in [0.2, 0.25) is 5.75 Å². The van der Waals surface area contributed by atoms with Crippen LogP contribution in [0.25, 0.3) is 11.0 Å². The van der Waals surface area contributed by atoms with E-state index in [4.69, 9.17) is 13.9 Å². The molecule has 0 atom stereocenters. The van der Waals surface area contributed by atoms with Gasteiger partial charge in [-0.15, -0.1) is 0 Å². The fourth-order valence-corrected chi connectivity index (χ4v) is 2.21. The van der Waals surface area contributed by atoms with Crippen LogP contribution in [0.4, 0.5) is 0 Å². The molecule has 0 saturated carbocycles. The summed E-state index contributed by atoms with van der Waals surface area (Å²) in [5.74, 6) is -0.299. The average molecular weight is 293 g/mol. The molecule has 2 aromatic rings. The van der Waals surface area contributed by atoms with Crippen molar-refractivity contribution >= 4 is 16.9 Å². The Hall–Kier alpha value is -2.37. The summed E-state index contributed by atoms with van der Waals surface area (Å²) in [5, 5.41) is 13.7. The van der Waals surface area contributed by atoms with E-state index in [1.54, 1.807) is 6.07 Å². The minimum Gasteiger partial charge on any atom is -0.504 e. The smallest absolute Gasteiger partial charge is 0.259 e. The van der Waals surface area contributed by atoms with Gasteiger partial charge >= 0.3 is 0 Å². The molecule has 0 saturated heterocycles. The Morgan fingerprint density at radius 1 is 1.33 bits per heavy atom. The fourth-order valence-electron chi connectivity index (χ4n) is 2.21. The summed E-state index contributed by atoms with van der Waals surface area (Å²) in [4.78, 5) is 12.3. The van der Waals surface area contributed by atoms with Gasteiger partial charge in [-0.3, -0.25) is 4.79 Å². The molecule has 6 heteroatoms. The second-order valence-corrected chi connectivity index (χ2v) is 4.56. The highest BCUT2D eigenvalue weighted by Crippen LogP contribution is 2.45. The lowest BCUT2D eigenvalue weighted by molar-refractivity contribution is 0.0947. The standard InChI is InChI=1S/C15H19NO5/c1-4-5-7-16-15(18)10-11(17)14(20-3)13-9(6-8-21-13)12(10)19-2/h6,8,17H,4-5,7H2,1-3H3,(H,16,18). The van der Waals surface area contributed by atoms with Crippen LogP contribution < -0.4 is 14.8 Å². The first-order chi connectivity index (χ1) is 10.2. The first kappa shape index (κ1) is 15.0. The molecular weight excluding hydrogens is 274 g/mol. The van der Waals surface area contributed by atoms with E-state index in [1.807, 2.05) is 6.92 Å². The Labute approximate surface area is 122 Å². The summed E-state index contributed by atoms with van der Waals surface area (Å²) in [6.45, 7) is 2.56. The summed E-state index contributed by atoms with van der Waals surface area (Å²) in [7, 11) is 2.85. The van der Waals surface area contributed by atoms with E-state index in [0.29, 0.717) is 17.5 Å². The van der Waals surface area contributed by atoms with Crippen LogP contribution >= 0.6 is 0 Å². The van der Waals surface area contributed by atoms with Crippen molar-refractivity contribution in [2.45, 2.75) is 19.8 Å². The van der Waals surface area contributed by atoms with Gasteiger partial charge in [-0.05, 0) is 12.5 Å². The van der Waals surface area contributed by atoms with Gasteiger partial charge in [-0.2, -0.15) is 0 Å². The topological polar surface area (TPSA) is 80.9 Å². The second kappa shape index (κ2) is 6.39. The molecule has 0 unspecified atom stereocenters. The maximum Gasteiger partial charge on any atom is 0.259 e. The highest BCUT2D eigenvalue weighted by molar-refractivity contribution is 6.08. The molecule has 114 valence electrons. The van der Waals surface area contributed by atoms with Crippen LogP contribution in [0.5, 0.6) is 17.2 Å². The van der Waals surface area contributed by atoms with E-state index in [2.05, 4.69) is 5.32 Å². The van der Waals surface area contributed by atoms with E-state index in [1.165, 1.54) is 20.5 Å². The molecule has 2 N–H and O–H groups in total. The van der Waals surface area contributed by atoms with Crippen molar-refractivity contribution in [3.05, 3.63) is 17.9 Å². The quantitative estimate of drug-likeness (QED) is 0.800. The third-order valence-corrected chi connectivity index (χ3v) is 3.25. The zero-order chi connectivity index (χ0) is 15.4. The molecule has 6 nitrogen and oxygen atoms in total. The predicted molar refractivity (Wildman–Crippen MR) is 78.2 cm³/mol. The van der Waals surface area contributed by atoms with Crippen LogP contribution in [0, 0.1) is 0 Å². The average Bonchev–Trinajstić information content (AvgIpc) is 2.95. The van der Waals surface area contributed by atoms with Crippen molar-refractivity contribution in [1.82, 2.24) is 5.32 Å². The Bertz CT molecular complexity index is 647. The molecule has 0 aliphatic rings. The first-order valence-electron chi connectivity index (χ1n) is 6.77. The van der Waals surface area contributed by atoms with E-state index in [-0.39, 0.29) is 22.8 Å². The summed E-state index contributed by atoms with van der Waals surface area (Å²) in [5.41, 5.74) is 0.399. The SMILES string of the molecule is CCCCNC(=O)c1c(O)c(OC)c2occc2c1OC. The zero-order valence-electron chi connectivity index (χ0n) is 12.4. The lowest BCUT2D eigenvalue weighted by atomic mass is 10.1. The number of carbonyl (C=O) groups is 1. The van der Waals surface area contributed by atoms with Crippen LogP contribution in [-0.2, 0) is 0 Å². The monoisotopic (exact) mass is 293 g/mol. The van der Waals surface area contributed by atoms with Crippen molar-refractivity contribution in [2.75, 3.05) is 20.8 Å². The summed E-state index contributed by atoms with van der Waals surface area (Å²) in [6.07, 6.45) is 3.28. The van der Waals surface area contributed by atoms with Crippen LogP contribution in [0.15, 0.2) is 16.7 Å². The Kier molecular flexibility index (Phi) is 4.57. The molecule has 1 aromatic heterocycles. The van der Waals surface area contributed by atoms with Crippen molar-refractivity contribution in [1.29, 1.82) is 0 Å². The lowest BCUT2D eigenvalue weighted by Crippen LogP contribution is -2.25. The van der Waals surface area contributed by atoms with Crippen molar-refractivity contribution < 1.29 is 23.8 Å². The number of unbranched alkanes of at least 4 members (excludes halogenated alkanes) is 1. The maximum atomic E-state index is 12.3. The molecular formula is C15H19NO5. The molecule has 2 rings (SSSR count). The van der Waals surface area contributed by atoms with Crippen LogP contribution in [0.2, 0.25) is 0 Å². The number of benzene rings is 1. The number of rotatable bonds is 6. The highest BCUT2D eigenvalue weighted by Gasteiger charge is 2.27. The van der Waals surface area contributed by atoms with E-state index >= 15 is 0 Å². The summed E-state index contributed by atoms with van der Waals surface area (Å²) < 4.78 is 15.7. The predicted octanol–water partition coefficient (Wildman–Crippen LogP) is 2.69. The van der Waals surface area contributed by atoms with Gasteiger partial charge in [0.05, 0.1) is 25.9 Å². The second-order valence-electron chi connectivity index (χ2n) is 4.56. The molecule has 0 aliphatic carbocycles. The van der Waals surface area contributed by atoms with Gasteiger partial charge in [0, 0.05) is 6.54 Å². The van der Waals surface area contributed by atoms with Gasteiger partial charge < -0.3 is 24.3 Å². The highest BCUT2D eigenvalue weighted by atomic mass is 16.5. The van der Waals surface area contributed by atoms with E-state index in [0.717, 1.165) is 12.8 Å². The van der Waals surface area contributed by atoms with Gasteiger partial charge in [-0.25, -0.2) is 0 Å². The lowest BCUT2D eigenvalue weighted by Gasteiger charge is -2.14. The van der Waals surface area contributed by atoms with Gasteiger partial charge in [0.25, 0.3) is 5.91 Å². The van der Waals surface area contributed by atoms with Gasteiger partial charge in [0.1, 0.15) is 11.3 Å². The zero-order valence-corrected chi connectivity index (χ0v) is 12.4. The van der Waals surface area contributed by atoms with Crippen LogP contribution in [0.1, 0.15) is 30.1 Å². The van der Waals surface area contributed by atoms with Crippen molar-refractivity contribution in [3.63, 3.8) is 0 Å². The number of amides is 1. The normalized spacial score (nSPS) is 10.6. The number of nitrogens with one attached hydrogen (secondary N) is 1. The molecule has 0 aliphatic heterocycles. The molecule has 0 radical (unpaired) electrons. The largest absolute Gasteiger partial charge is 0.504 e. The number of ether oxygens (including phenoxy) is 2. The molecule has 1 heterocycles. The number of hydrogen-bond acceptors (Lipinski definition) is 5. The molecule has 1 aromatic carbocycles. The molecule has 0 spiro atoms. The first-order valence-corrected chi connectivity index (χ1v) is 6.77. The molecule has 21 heavy (non-hydrogen) atoms. The Morgan fingerprint density at radius 3 is 2.67 bits per heavy atom. The van der Waals surface area contributed by atoms with Crippen molar-refractivity contribution in [3.8, 4) is 17.2 Å². The van der Waals surface area contributed by atoms with E-state index < -0.39 is 5.91 Å². The number of hydrogen-bond donors (Lipinski definition) is 2. The summed E-state index contributed by atoms with van der Waals surface area (Å²) in [6, 6.07) is 1.67. The minimum absolute atomic E-state index is 0.0550. The molecule has 0 fully saturated rings. The third kappa shape index (κ3) is 2.61. The fraction of sp³-hybridized carbons (Fsp3) is 0.400. The number of carbonyl (C=O) groups excluding carboxylic acids is 1. The number of phenolic OH excluding ortho intramolecular Hbond substituents is 1. The number of furan rings is 1. The number of aromatic hydroxyl groups is 1. The van der Waals surface area contributed by atoms with Crippen LogP contribution in [-0.4, -0.2) is 31.8 Å². The van der Waals surface area contributed by atoms with Gasteiger partial charge in [-0.1, -0.05) is 13.3 Å². The number of methoxy groups -OCH3 is 2. The number of phenols is 1. The number of fused-ring (bicyclic) bond motifs is 1. The molecule has 1 amide bonds. The van der Waals surface area contributed by atoms with Gasteiger partial charge in [0.15, 0.2) is 11.3 Å².